The van der Waals surface area contributed by atoms with E-state index >= 15 is 0 Å². The third-order valence-corrected chi connectivity index (χ3v) is 6.94. The molecule has 2 fully saturated rings. The monoisotopic (exact) mass is 446 g/mol. The number of amides is 4. The molecule has 8 nitrogen and oxygen atoms in total. The molecule has 4 heterocycles. The fourth-order valence-corrected chi connectivity index (χ4v) is 5.12. The van der Waals surface area contributed by atoms with Crippen LogP contribution in [-0.4, -0.2) is 52.6 Å². The molecule has 1 N–H and O–H groups in total. The van der Waals surface area contributed by atoms with Crippen LogP contribution in [0.2, 0.25) is 0 Å². The second-order valence-electron chi connectivity index (χ2n) is 8.94. The number of fused-ring (bicyclic) bond motifs is 1. The maximum atomic E-state index is 13.3. The SMILES string of the molecule is O=C1CCC(N2C(=O)c3cccc(N4CCC(CCc5ccccn5)CC4)c3C2=O)C(=O)N1. The quantitative estimate of drug-likeness (QED) is 0.708. The summed E-state index contributed by atoms with van der Waals surface area (Å²) >= 11 is 0. The Morgan fingerprint density at radius 2 is 1.76 bits per heavy atom. The molecule has 1 unspecified atom stereocenters. The van der Waals surface area contributed by atoms with Crippen LogP contribution in [0.3, 0.4) is 0 Å². The second-order valence-corrected chi connectivity index (χ2v) is 8.94. The van der Waals surface area contributed by atoms with E-state index in [0.717, 1.165) is 55.1 Å². The minimum atomic E-state index is -0.944. The van der Waals surface area contributed by atoms with E-state index in [4.69, 9.17) is 0 Å². The molecule has 0 bridgehead atoms. The number of pyridine rings is 1. The number of nitrogens with one attached hydrogen (secondary N) is 1. The van der Waals surface area contributed by atoms with Crippen LogP contribution < -0.4 is 10.2 Å². The van der Waals surface area contributed by atoms with Crippen molar-refractivity contribution in [1.82, 2.24) is 15.2 Å². The number of aromatic nitrogens is 1. The molecule has 1 aromatic carbocycles. The van der Waals surface area contributed by atoms with E-state index in [1.54, 1.807) is 12.1 Å². The number of hydrogen-bond donors (Lipinski definition) is 1. The van der Waals surface area contributed by atoms with E-state index in [2.05, 4.69) is 21.3 Å². The van der Waals surface area contributed by atoms with E-state index in [1.807, 2.05) is 24.4 Å². The topological polar surface area (TPSA) is 99.7 Å². The van der Waals surface area contributed by atoms with Gasteiger partial charge in [0.15, 0.2) is 0 Å². The molecule has 2 saturated heterocycles. The summed E-state index contributed by atoms with van der Waals surface area (Å²) in [6, 6.07) is 10.4. The van der Waals surface area contributed by atoms with E-state index < -0.39 is 23.8 Å². The number of benzene rings is 1. The zero-order chi connectivity index (χ0) is 22.9. The lowest BCUT2D eigenvalue weighted by Crippen LogP contribution is -2.54. The van der Waals surface area contributed by atoms with Crippen molar-refractivity contribution in [2.75, 3.05) is 18.0 Å². The molecule has 8 heteroatoms. The molecule has 2 aromatic rings. The van der Waals surface area contributed by atoms with Crippen LogP contribution in [0.1, 0.15) is 58.5 Å². The van der Waals surface area contributed by atoms with Crippen molar-refractivity contribution in [3.63, 3.8) is 0 Å². The number of carbonyl (C=O) groups excluding carboxylic acids is 4. The minimum absolute atomic E-state index is 0.114. The molecule has 5 rings (SSSR count). The molecule has 3 aliphatic rings. The van der Waals surface area contributed by atoms with Gasteiger partial charge in [0, 0.05) is 31.4 Å². The lowest BCUT2D eigenvalue weighted by molar-refractivity contribution is -0.136. The minimum Gasteiger partial charge on any atom is -0.371 e. The fraction of sp³-hybridized carbons (Fsp3) is 0.400. The first kappa shape index (κ1) is 21.3. The predicted octanol–water partition coefficient (Wildman–Crippen LogP) is 2.33. The molecule has 170 valence electrons. The number of piperidine rings is 2. The van der Waals surface area contributed by atoms with Gasteiger partial charge in [0.25, 0.3) is 11.8 Å². The summed E-state index contributed by atoms with van der Waals surface area (Å²) in [7, 11) is 0. The largest absolute Gasteiger partial charge is 0.371 e. The average Bonchev–Trinajstić information content (AvgIpc) is 3.09. The lowest BCUT2D eigenvalue weighted by atomic mass is 9.90. The van der Waals surface area contributed by atoms with Gasteiger partial charge in [-0.1, -0.05) is 12.1 Å². The third-order valence-electron chi connectivity index (χ3n) is 6.94. The number of anilines is 1. The number of aryl methyl sites for hydroxylation is 1. The van der Waals surface area contributed by atoms with Gasteiger partial charge in [-0.3, -0.25) is 34.4 Å². The smallest absolute Gasteiger partial charge is 0.264 e. The van der Waals surface area contributed by atoms with Crippen LogP contribution in [-0.2, 0) is 16.0 Å². The molecule has 33 heavy (non-hydrogen) atoms. The Labute approximate surface area is 192 Å². The highest BCUT2D eigenvalue weighted by atomic mass is 16.2. The highest BCUT2D eigenvalue weighted by Crippen LogP contribution is 2.36. The van der Waals surface area contributed by atoms with Crippen molar-refractivity contribution in [1.29, 1.82) is 0 Å². The van der Waals surface area contributed by atoms with E-state index in [-0.39, 0.29) is 18.7 Å². The molecular formula is C25H26N4O4. The zero-order valence-corrected chi connectivity index (χ0v) is 18.3. The normalized spacial score (nSPS) is 21.4. The highest BCUT2D eigenvalue weighted by Gasteiger charge is 2.46. The molecule has 0 saturated carbocycles. The first-order chi connectivity index (χ1) is 16.0. The van der Waals surface area contributed by atoms with Crippen LogP contribution in [0.15, 0.2) is 42.6 Å². The van der Waals surface area contributed by atoms with Gasteiger partial charge < -0.3 is 4.90 Å². The van der Waals surface area contributed by atoms with Crippen LogP contribution in [0.4, 0.5) is 5.69 Å². The average molecular weight is 447 g/mol. The van der Waals surface area contributed by atoms with Crippen molar-refractivity contribution in [2.24, 2.45) is 5.92 Å². The van der Waals surface area contributed by atoms with E-state index in [0.29, 0.717) is 17.0 Å². The maximum absolute atomic E-state index is 13.3. The van der Waals surface area contributed by atoms with Crippen molar-refractivity contribution in [3.8, 4) is 0 Å². The van der Waals surface area contributed by atoms with Crippen LogP contribution in [0.5, 0.6) is 0 Å². The Bertz CT molecular complexity index is 1110. The Morgan fingerprint density at radius 1 is 0.939 bits per heavy atom. The van der Waals surface area contributed by atoms with Gasteiger partial charge in [-0.15, -0.1) is 0 Å². The lowest BCUT2D eigenvalue weighted by Gasteiger charge is -2.34. The van der Waals surface area contributed by atoms with Gasteiger partial charge in [0.2, 0.25) is 11.8 Å². The van der Waals surface area contributed by atoms with Crippen molar-refractivity contribution in [2.45, 2.75) is 44.6 Å². The second kappa shape index (κ2) is 8.77. The number of nitrogens with zero attached hydrogens (tertiary/aromatic N) is 3. The van der Waals surface area contributed by atoms with Crippen LogP contribution in [0, 0.1) is 5.92 Å². The van der Waals surface area contributed by atoms with Gasteiger partial charge in [-0.05, 0) is 62.3 Å². The predicted molar refractivity (Wildman–Crippen MR) is 121 cm³/mol. The van der Waals surface area contributed by atoms with Gasteiger partial charge >= 0.3 is 0 Å². The Hall–Kier alpha value is -3.55. The number of imide groups is 2. The summed E-state index contributed by atoms with van der Waals surface area (Å²) in [6.45, 7) is 1.62. The van der Waals surface area contributed by atoms with Crippen LogP contribution >= 0.6 is 0 Å². The van der Waals surface area contributed by atoms with Gasteiger partial charge in [-0.25, -0.2) is 0 Å². The molecule has 3 aliphatic heterocycles. The summed E-state index contributed by atoms with van der Waals surface area (Å²) in [5.41, 5.74) is 2.57. The molecule has 0 radical (unpaired) electrons. The standard InChI is InChI=1S/C25H26N4O4/c30-21-10-9-20(23(31)27-21)29-24(32)18-5-3-6-19(22(18)25(29)33)28-14-11-16(12-15-28)7-8-17-4-1-2-13-26-17/h1-6,13,16,20H,7-12,14-15H2,(H,27,30,31). The van der Waals surface area contributed by atoms with Crippen LogP contribution in [0.25, 0.3) is 0 Å². The number of carbonyl (C=O) groups is 4. The van der Waals surface area contributed by atoms with E-state index in [9.17, 15) is 19.2 Å². The summed E-state index contributed by atoms with van der Waals surface area (Å²) in [4.78, 5) is 57.8. The Balaban J connectivity index is 1.29. The van der Waals surface area contributed by atoms with Gasteiger partial charge in [0.1, 0.15) is 6.04 Å². The van der Waals surface area contributed by atoms with Crippen molar-refractivity contribution < 1.29 is 19.2 Å². The molecular weight excluding hydrogens is 420 g/mol. The summed E-state index contributed by atoms with van der Waals surface area (Å²) < 4.78 is 0. The molecule has 0 spiro atoms. The zero-order valence-electron chi connectivity index (χ0n) is 18.3. The molecule has 4 amide bonds. The summed E-state index contributed by atoms with van der Waals surface area (Å²) in [5, 5.41) is 2.24. The summed E-state index contributed by atoms with van der Waals surface area (Å²) in [6.07, 6.45) is 6.16. The van der Waals surface area contributed by atoms with Crippen molar-refractivity contribution in [3.05, 3.63) is 59.4 Å². The Kier molecular flexibility index (Phi) is 5.66. The highest BCUT2D eigenvalue weighted by molar-refractivity contribution is 6.25. The first-order valence-corrected chi connectivity index (χ1v) is 11.5. The fourth-order valence-electron chi connectivity index (χ4n) is 5.12. The molecule has 0 aliphatic carbocycles. The molecule has 1 aromatic heterocycles. The van der Waals surface area contributed by atoms with Gasteiger partial charge in [0.05, 0.1) is 16.8 Å². The third kappa shape index (κ3) is 4.01. The first-order valence-electron chi connectivity index (χ1n) is 11.5. The molecule has 1 atom stereocenters. The van der Waals surface area contributed by atoms with E-state index in [1.165, 1.54) is 0 Å². The Morgan fingerprint density at radius 3 is 2.48 bits per heavy atom. The maximum Gasteiger partial charge on any atom is 0.264 e. The van der Waals surface area contributed by atoms with Crippen molar-refractivity contribution >= 4 is 29.3 Å². The van der Waals surface area contributed by atoms with Gasteiger partial charge in [-0.2, -0.15) is 0 Å². The summed E-state index contributed by atoms with van der Waals surface area (Å²) in [5.74, 6) is -1.28. The number of hydrogen-bond acceptors (Lipinski definition) is 6. The number of rotatable bonds is 5.